The topological polar surface area (TPSA) is 115 Å². The normalized spacial score (nSPS) is 17.0. The van der Waals surface area contributed by atoms with Crippen molar-refractivity contribution in [1.82, 2.24) is 4.98 Å². The molecular formula is C21H16BrFN2O6S. The predicted octanol–water partition coefficient (Wildman–Crippen LogP) is 4.40. The number of carbonyl (C=O) groups is 1. The number of ether oxygens (including phenoxy) is 2. The van der Waals surface area contributed by atoms with Gasteiger partial charge >= 0.3 is 5.97 Å². The van der Waals surface area contributed by atoms with Gasteiger partial charge in [-0.1, -0.05) is 6.07 Å². The largest absolute Gasteiger partial charge is 0.505 e. The van der Waals surface area contributed by atoms with Crippen molar-refractivity contribution >= 4 is 37.6 Å². The second kappa shape index (κ2) is 8.06. The molecule has 32 heavy (non-hydrogen) atoms. The zero-order chi connectivity index (χ0) is 23.2. The van der Waals surface area contributed by atoms with Gasteiger partial charge in [-0.2, -0.15) is 4.39 Å². The first-order chi connectivity index (χ1) is 15.1. The Bertz CT molecular complexity index is 1360. The number of anilines is 1. The van der Waals surface area contributed by atoms with Gasteiger partial charge in [0.05, 0.1) is 22.8 Å². The lowest BCUT2D eigenvalue weighted by Gasteiger charge is -2.18. The van der Waals surface area contributed by atoms with Crippen molar-refractivity contribution in [2.45, 2.75) is 17.9 Å². The van der Waals surface area contributed by atoms with E-state index >= 15 is 0 Å². The molecule has 0 spiro atoms. The first kappa shape index (κ1) is 22.0. The molecule has 1 aromatic heterocycles. The molecule has 3 aromatic rings. The number of cyclic esters (lactones) is 1. The number of aromatic hydroxyl groups is 1. The molecule has 0 radical (unpaired) electrons. The number of methoxy groups -OCH3 is 1. The van der Waals surface area contributed by atoms with Crippen LogP contribution in [0.3, 0.4) is 0 Å². The lowest BCUT2D eigenvalue weighted by Crippen LogP contribution is -2.15. The molecule has 0 saturated carbocycles. The van der Waals surface area contributed by atoms with E-state index in [2.05, 4.69) is 25.6 Å². The van der Waals surface area contributed by atoms with Crippen LogP contribution in [-0.2, 0) is 14.8 Å². The number of rotatable bonds is 1. The molecule has 8 nitrogen and oxygen atoms in total. The maximum Gasteiger partial charge on any atom is 0.338 e. The molecule has 2 N–H and O–H groups in total. The number of hydrogen-bond donors (Lipinski definition) is 2. The summed E-state index contributed by atoms with van der Waals surface area (Å²) >= 11 is 3.07. The highest BCUT2D eigenvalue weighted by molar-refractivity contribution is 9.10. The molecule has 11 heteroatoms. The number of phenols is 1. The van der Waals surface area contributed by atoms with Crippen LogP contribution in [0.5, 0.6) is 11.5 Å². The first-order valence-corrected chi connectivity index (χ1v) is 11.5. The van der Waals surface area contributed by atoms with Gasteiger partial charge in [-0.05, 0) is 52.7 Å². The Morgan fingerprint density at radius 2 is 1.97 bits per heavy atom. The fraction of sp³-hybridized carbons (Fsp3) is 0.143. The average molecular weight is 523 g/mol. The van der Waals surface area contributed by atoms with Crippen LogP contribution in [-0.4, -0.2) is 31.6 Å². The number of phenolic OH excluding ortho intramolecular Hbond substituents is 1. The minimum Gasteiger partial charge on any atom is -0.505 e. The number of sulfonamides is 1. The fourth-order valence-electron chi connectivity index (χ4n) is 3.37. The van der Waals surface area contributed by atoms with Crippen LogP contribution in [0.2, 0.25) is 0 Å². The third-order valence-electron chi connectivity index (χ3n) is 4.93. The number of benzene rings is 2. The van der Waals surface area contributed by atoms with Gasteiger partial charge in [-0.3, -0.25) is 4.72 Å². The minimum absolute atomic E-state index is 0.0220. The van der Waals surface area contributed by atoms with E-state index in [1.165, 1.54) is 31.5 Å². The molecule has 0 amide bonds. The number of pyridine rings is 1. The summed E-state index contributed by atoms with van der Waals surface area (Å²) in [6.07, 6.45) is 0.374. The molecule has 1 aliphatic heterocycles. The number of carbonyl (C=O) groups excluding carboxylic acids is 1. The third-order valence-corrected chi connectivity index (χ3v) is 6.92. The van der Waals surface area contributed by atoms with Crippen LogP contribution in [0.25, 0.3) is 11.1 Å². The second-order valence-electron chi connectivity index (χ2n) is 6.97. The Labute approximate surface area is 191 Å². The SMILES string of the molecule is COc1ccc2cc1NS(=O)(=O)c1cc(cc(Br)c1O)C(=O)OC(C)c1cc(F)ncc1-2. The van der Waals surface area contributed by atoms with Crippen LogP contribution in [0.1, 0.15) is 28.9 Å². The molecule has 0 saturated heterocycles. The van der Waals surface area contributed by atoms with Gasteiger partial charge in [0, 0.05) is 23.4 Å². The molecule has 166 valence electrons. The van der Waals surface area contributed by atoms with E-state index in [0.717, 1.165) is 12.1 Å². The Hall–Kier alpha value is -3.18. The van der Waals surface area contributed by atoms with Crippen LogP contribution in [0.15, 0.2) is 52.0 Å². The van der Waals surface area contributed by atoms with E-state index in [0.29, 0.717) is 16.7 Å². The average Bonchev–Trinajstić information content (AvgIpc) is 2.74. The van der Waals surface area contributed by atoms with Gasteiger partial charge < -0.3 is 14.6 Å². The fourth-order valence-corrected chi connectivity index (χ4v) is 5.16. The molecule has 1 aliphatic rings. The van der Waals surface area contributed by atoms with Crippen molar-refractivity contribution in [2.75, 3.05) is 11.8 Å². The van der Waals surface area contributed by atoms with Crippen molar-refractivity contribution in [3.8, 4) is 22.6 Å². The highest BCUT2D eigenvalue weighted by Gasteiger charge is 2.27. The second-order valence-corrected chi connectivity index (χ2v) is 9.47. The zero-order valence-electron chi connectivity index (χ0n) is 16.7. The molecular weight excluding hydrogens is 507 g/mol. The van der Waals surface area contributed by atoms with Gasteiger partial charge in [0.15, 0.2) is 0 Å². The van der Waals surface area contributed by atoms with Crippen molar-refractivity contribution in [3.05, 3.63) is 64.1 Å². The third kappa shape index (κ3) is 3.89. The maximum atomic E-state index is 14.0. The molecule has 4 rings (SSSR count). The van der Waals surface area contributed by atoms with Crippen molar-refractivity contribution < 1.29 is 32.2 Å². The van der Waals surface area contributed by atoms with E-state index in [1.807, 2.05) is 0 Å². The molecule has 4 bridgehead atoms. The Morgan fingerprint density at radius 3 is 2.69 bits per heavy atom. The highest BCUT2D eigenvalue weighted by atomic mass is 79.9. The Balaban J connectivity index is 2.04. The van der Waals surface area contributed by atoms with Crippen LogP contribution in [0.4, 0.5) is 10.1 Å². The number of nitrogens with zero attached hydrogens (tertiary/aromatic N) is 1. The number of nitrogens with one attached hydrogen (secondary N) is 1. The van der Waals surface area contributed by atoms with E-state index in [-0.39, 0.29) is 21.5 Å². The Kier molecular flexibility index (Phi) is 5.55. The smallest absolute Gasteiger partial charge is 0.338 e. The van der Waals surface area contributed by atoms with Gasteiger partial charge in [0.1, 0.15) is 22.5 Å². The summed E-state index contributed by atoms with van der Waals surface area (Å²) in [5, 5.41) is 10.4. The van der Waals surface area contributed by atoms with Crippen LogP contribution < -0.4 is 9.46 Å². The minimum atomic E-state index is -4.36. The van der Waals surface area contributed by atoms with Crippen molar-refractivity contribution in [2.24, 2.45) is 0 Å². The van der Waals surface area contributed by atoms with E-state index in [9.17, 15) is 22.7 Å². The van der Waals surface area contributed by atoms with Gasteiger partial charge in [0.25, 0.3) is 10.0 Å². The molecule has 1 unspecified atom stereocenters. The number of esters is 1. The monoisotopic (exact) mass is 522 g/mol. The molecule has 0 aliphatic carbocycles. The van der Waals surface area contributed by atoms with Gasteiger partial charge in [0.2, 0.25) is 5.95 Å². The summed E-state index contributed by atoms with van der Waals surface area (Å²) in [6, 6.07) is 8.04. The number of hydrogen-bond acceptors (Lipinski definition) is 7. The van der Waals surface area contributed by atoms with E-state index in [1.54, 1.807) is 13.0 Å². The van der Waals surface area contributed by atoms with Crippen molar-refractivity contribution in [1.29, 1.82) is 0 Å². The quantitative estimate of drug-likeness (QED) is 0.359. The number of halogens is 2. The maximum absolute atomic E-state index is 14.0. The molecule has 1 atom stereocenters. The first-order valence-electron chi connectivity index (χ1n) is 9.21. The number of fused-ring (bicyclic) bond motifs is 6. The summed E-state index contributed by atoms with van der Waals surface area (Å²) in [7, 11) is -2.99. The van der Waals surface area contributed by atoms with E-state index < -0.39 is 38.7 Å². The van der Waals surface area contributed by atoms with Crippen LogP contribution >= 0.6 is 15.9 Å². The summed E-state index contributed by atoms with van der Waals surface area (Å²) in [6.45, 7) is 1.56. The summed E-state index contributed by atoms with van der Waals surface area (Å²) in [4.78, 5) is 15.9. The summed E-state index contributed by atoms with van der Waals surface area (Å²) in [5.74, 6) is -2.00. The highest BCUT2D eigenvalue weighted by Crippen LogP contribution is 2.39. The zero-order valence-corrected chi connectivity index (χ0v) is 19.1. The summed E-state index contributed by atoms with van der Waals surface area (Å²) < 4.78 is 53.3. The number of aromatic nitrogens is 1. The molecule has 2 heterocycles. The summed E-state index contributed by atoms with van der Waals surface area (Å²) in [5.41, 5.74) is 1.19. The van der Waals surface area contributed by atoms with Gasteiger partial charge in [-0.15, -0.1) is 0 Å². The van der Waals surface area contributed by atoms with Crippen molar-refractivity contribution in [3.63, 3.8) is 0 Å². The lowest BCUT2D eigenvalue weighted by atomic mass is 9.98. The van der Waals surface area contributed by atoms with Crippen LogP contribution in [0, 0.1) is 5.95 Å². The van der Waals surface area contributed by atoms with E-state index in [4.69, 9.17) is 9.47 Å². The lowest BCUT2D eigenvalue weighted by molar-refractivity contribution is 0.0337. The van der Waals surface area contributed by atoms with Gasteiger partial charge in [-0.25, -0.2) is 18.2 Å². The molecule has 2 aromatic carbocycles. The standard InChI is InChI=1S/C21H16BrFN2O6S/c1-10-13-8-19(23)24-9-14(13)11-3-4-17(30-2)16(6-11)25-32(28,29)18-7-12(21(27)31-10)5-15(22)20(18)26/h3-10,25-26H,1-2H3. The predicted molar refractivity (Wildman–Crippen MR) is 117 cm³/mol. The molecule has 0 fully saturated rings. The Morgan fingerprint density at radius 1 is 1.22 bits per heavy atom.